The summed E-state index contributed by atoms with van der Waals surface area (Å²) in [7, 11) is 0. The predicted octanol–water partition coefficient (Wildman–Crippen LogP) is 9.79. The Hall–Kier alpha value is -5.97. The van der Waals surface area contributed by atoms with Crippen LogP contribution in [0.3, 0.4) is 0 Å². The highest BCUT2D eigenvalue weighted by Gasteiger charge is 2.23. The molecule has 1 heterocycles. The predicted molar refractivity (Wildman–Crippen MR) is 209 cm³/mol. The number of nitrogens with one attached hydrogen (secondary N) is 3. The third-order valence-electron chi connectivity index (χ3n) is 7.84. The summed E-state index contributed by atoms with van der Waals surface area (Å²) in [6.45, 7) is 1.49. The van der Waals surface area contributed by atoms with Gasteiger partial charge in [-0.15, -0.1) is 11.8 Å². The van der Waals surface area contributed by atoms with Crippen molar-refractivity contribution < 1.29 is 23.6 Å². The molecule has 1 aromatic heterocycles. The second kappa shape index (κ2) is 16.8. The number of carbonyl (C=O) groups excluding carboxylic acids is 4. The van der Waals surface area contributed by atoms with Crippen LogP contribution in [0.15, 0.2) is 165 Å². The lowest BCUT2D eigenvalue weighted by atomic mass is 10.1. The molecule has 6 rings (SSSR count). The molecule has 0 radical (unpaired) electrons. The second-order valence-electron chi connectivity index (χ2n) is 11.6. The molecule has 8 nitrogen and oxygen atoms in total. The Morgan fingerprint density at radius 1 is 0.673 bits per heavy atom. The van der Waals surface area contributed by atoms with Crippen molar-refractivity contribution >= 4 is 68.6 Å². The molecule has 0 unspecified atom stereocenters. The van der Waals surface area contributed by atoms with E-state index in [4.69, 9.17) is 4.42 Å². The normalized spacial score (nSPS) is 11.7. The summed E-state index contributed by atoms with van der Waals surface area (Å²) in [6, 6.07) is 43.1. The van der Waals surface area contributed by atoms with Crippen LogP contribution in [0.25, 0.3) is 17.4 Å². The average Bonchev–Trinajstić information content (AvgIpc) is 3.64. The van der Waals surface area contributed by atoms with Gasteiger partial charge in [-0.05, 0) is 97.4 Å². The van der Waals surface area contributed by atoms with E-state index in [0.29, 0.717) is 34.0 Å². The van der Waals surface area contributed by atoms with Gasteiger partial charge in [-0.25, -0.2) is 0 Å². The van der Waals surface area contributed by atoms with Crippen LogP contribution < -0.4 is 16.0 Å². The maximum absolute atomic E-state index is 13.6. The molecule has 0 aliphatic heterocycles. The van der Waals surface area contributed by atoms with E-state index in [9.17, 15) is 19.2 Å². The van der Waals surface area contributed by atoms with E-state index in [0.717, 1.165) is 20.5 Å². The van der Waals surface area contributed by atoms with Gasteiger partial charge in [-0.1, -0.05) is 76.6 Å². The first-order valence-corrected chi connectivity index (χ1v) is 17.9. The van der Waals surface area contributed by atoms with Crippen molar-refractivity contribution in [3.63, 3.8) is 0 Å². The van der Waals surface area contributed by atoms with Gasteiger partial charge < -0.3 is 20.4 Å². The highest BCUT2D eigenvalue weighted by atomic mass is 79.9. The van der Waals surface area contributed by atoms with Gasteiger partial charge in [-0.2, -0.15) is 0 Å². The van der Waals surface area contributed by atoms with E-state index in [1.54, 1.807) is 78.9 Å². The summed E-state index contributed by atoms with van der Waals surface area (Å²) < 4.78 is 6.95. The third-order valence-corrected chi connectivity index (χ3v) is 9.63. The van der Waals surface area contributed by atoms with Gasteiger partial charge in [0.15, 0.2) is 5.78 Å². The fourth-order valence-corrected chi connectivity index (χ4v) is 6.42. The SMILES string of the molecule is CC(=O)c1ccc(NC(=O)[C@@H](Sc2ccc(NC(=O)/C(=C/c3ccc(-c4ccc(Br)cc4)o3)NC(=O)c3ccccc3)cc2)c2ccccc2)cc1. The zero-order valence-electron chi connectivity index (χ0n) is 27.8. The fourth-order valence-electron chi connectivity index (χ4n) is 5.13. The van der Waals surface area contributed by atoms with E-state index in [1.165, 1.54) is 24.8 Å². The number of benzene rings is 5. The lowest BCUT2D eigenvalue weighted by molar-refractivity contribution is -0.116. The van der Waals surface area contributed by atoms with Gasteiger partial charge in [0.2, 0.25) is 5.91 Å². The number of halogens is 1. The fraction of sp³-hybridized carbons (Fsp3) is 0.0476. The maximum atomic E-state index is 13.6. The molecule has 0 aliphatic carbocycles. The average molecular weight is 771 g/mol. The summed E-state index contributed by atoms with van der Waals surface area (Å²) >= 11 is 4.79. The Labute approximate surface area is 313 Å². The molecule has 258 valence electrons. The van der Waals surface area contributed by atoms with Crippen LogP contribution in [-0.4, -0.2) is 23.5 Å². The summed E-state index contributed by atoms with van der Waals surface area (Å²) in [6.07, 6.45) is 1.49. The molecule has 52 heavy (non-hydrogen) atoms. The molecule has 5 aromatic carbocycles. The molecular formula is C42H32BrN3O5S. The Morgan fingerprint density at radius 3 is 1.94 bits per heavy atom. The van der Waals surface area contributed by atoms with E-state index in [-0.39, 0.29) is 17.4 Å². The largest absolute Gasteiger partial charge is 0.457 e. The summed E-state index contributed by atoms with van der Waals surface area (Å²) in [5.41, 5.74) is 3.67. The zero-order valence-corrected chi connectivity index (χ0v) is 30.2. The summed E-state index contributed by atoms with van der Waals surface area (Å²) in [5, 5.41) is 7.96. The van der Waals surface area contributed by atoms with Gasteiger partial charge in [0.1, 0.15) is 22.5 Å². The number of Topliss-reactive ketones (excluding diaryl/α,β-unsaturated/α-hetero) is 1. The Balaban J connectivity index is 1.19. The minimum absolute atomic E-state index is 0.0128. The van der Waals surface area contributed by atoms with Crippen LogP contribution >= 0.6 is 27.7 Å². The van der Waals surface area contributed by atoms with Gasteiger partial charge >= 0.3 is 0 Å². The number of furan rings is 1. The molecule has 0 saturated carbocycles. The maximum Gasteiger partial charge on any atom is 0.272 e. The molecular weight excluding hydrogens is 738 g/mol. The zero-order chi connectivity index (χ0) is 36.5. The molecule has 0 saturated heterocycles. The van der Waals surface area contributed by atoms with Crippen molar-refractivity contribution in [3.05, 3.63) is 178 Å². The summed E-state index contributed by atoms with van der Waals surface area (Å²) in [5.74, 6) is -0.299. The molecule has 6 aromatic rings. The quantitative estimate of drug-likeness (QED) is 0.0648. The van der Waals surface area contributed by atoms with Crippen molar-refractivity contribution in [2.24, 2.45) is 0 Å². The minimum Gasteiger partial charge on any atom is -0.457 e. The van der Waals surface area contributed by atoms with E-state index in [2.05, 4.69) is 31.9 Å². The van der Waals surface area contributed by atoms with E-state index < -0.39 is 17.1 Å². The molecule has 0 aliphatic rings. The third kappa shape index (κ3) is 9.42. The number of hydrogen-bond donors (Lipinski definition) is 3. The second-order valence-corrected chi connectivity index (χ2v) is 13.7. The van der Waals surface area contributed by atoms with Gasteiger partial charge in [0.05, 0.1) is 0 Å². The highest BCUT2D eigenvalue weighted by Crippen LogP contribution is 2.37. The van der Waals surface area contributed by atoms with E-state index >= 15 is 0 Å². The Kier molecular flexibility index (Phi) is 11.6. The van der Waals surface area contributed by atoms with Crippen molar-refractivity contribution in [2.45, 2.75) is 17.1 Å². The lowest BCUT2D eigenvalue weighted by Gasteiger charge is -2.18. The first-order valence-electron chi connectivity index (χ1n) is 16.2. The van der Waals surface area contributed by atoms with Crippen molar-refractivity contribution in [1.82, 2.24) is 5.32 Å². The Morgan fingerprint density at radius 2 is 1.29 bits per heavy atom. The van der Waals surface area contributed by atoms with Crippen molar-refractivity contribution in [2.75, 3.05) is 10.6 Å². The van der Waals surface area contributed by atoms with Gasteiger partial charge in [-0.3, -0.25) is 19.2 Å². The molecule has 3 amide bonds. The molecule has 0 fully saturated rings. The number of rotatable bonds is 12. The van der Waals surface area contributed by atoms with Crippen molar-refractivity contribution in [1.29, 1.82) is 0 Å². The first-order chi connectivity index (χ1) is 25.2. The molecule has 0 bridgehead atoms. The number of hydrogen-bond acceptors (Lipinski definition) is 6. The standard InChI is InChI=1S/C42H32BrN3O5S/c1-27(47)28-14-18-33(19-15-28)45-42(50)39(30-8-4-2-5-9-30)52-36-23-20-34(21-24-36)44-41(49)37(46-40(48)31-10-6-3-7-11-31)26-35-22-25-38(51-35)29-12-16-32(43)17-13-29/h2-26,39H,1H3,(H,44,49)(H,45,50)(H,46,48)/b37-26-/t39-/m0/s1. The molecule has 1 atom stereocenters. The van der Waals surface area contributed by atoms with E-state index in [1.807, 2.05) is 66.7 Å². The highest BCUT2D eigenvalue weighted by molar-refractivity contribution is 9.10. The van der Waals surface area contributed by atoms with Gasteiger partial charge in [0.25, 0.3) is 11.8 Å². The Bertz CT molecular complexity index is 2220. The molecule has 3 N–H and O–H groups in total. The minimum atomic E-state index is -0.590. The van der Waals surface area contributed by atoms with Crippen LogP contribution in [0.2, 0.25) is 0 Å². The molecule has 10 heteroatoms. The topological polar surface area (TPSA) is 118 Å². The molecule has 0 spiro atoms. The smallest absolute Gasteiger partial charge is 0.272 e. The van der Waals surface area contributed by atoms with Crippen LogP contribution in [0, 0.1) is 0 Å². The lowest BCUT2D eigenvalue weighted by Crippen LogP contribution is -2.30. The first kappa shape index (κ1) is 35.8. The van der Waals surface area contributed by atoms with Crippen LogP contribution in [-0.2, 0) is 9.59 Å². The van der Waals surface area contributed by atoms with Crippen LogP contribution in [0.5, 0.6) is 0 Å². The summed E-state index contributed by atoms with van der Waals surface area (Å²) in [4.78, 5) is 52.8. The number of ketones is 1. The number of thioether (sulfide) groups is 1. The van der Waals surface area contributed by atoms with Gasteiger partial charge in [0, 0.05) is 43.5 Å². The van der Waals surface area contributed by atoms with Crippen molar-refractivity contribution in [3.8, 4) is 11.3 Å². The van der Waals surface area contributed by atoms with Crippen LogP contribution in [0.1, 0.15) is 44.2 Å². The number of carbonyl (C=O) groups is 4. The monoisotopic (exact) mass is 769 g/mol. The number of anilines is 2. The number of amides is 3. The van der Waals surface area contributed by atoms with Crippen LogP contribution in [0.4, 0.5) is 11.4 Å².